The Bertz CT molecular complexity index is 686. The van der Waals surface area contributed by atoms with Crippen LogP contribution >= 0.6 is 11.3 Å². The van der Waals surface area contributed by atoms with Gasteiger partial charge in [-0.05, 0) is 36.9 Å². The van der Waals surface area contributed by atoms with Crippen LogP contribution in [-0.2, 0) is 16.4 Å². The quantitative estimate of drug-likeness (QED) is 0.623. The van der Waals surface area contributed by atoms with Crippen LogP contribution in [0.15, 0.2) is 40.9 Å². The SMILES string of the molecule is CC(Cc1cccs1)N(C)S(=O)(=O)c1ncccc1NN. The van der Waals surface area contributed by atoms with Gasteiger partial charge in [0.25, 0.3) is 10.0 Å². The molecule has 0 aliphatic carbocycles. The maximum Gasteiger partial charge on any atom is 0.262 e. The number of pyridine rings is 1. The molecule has 0 aliphatic rings. The van der Waals surface area contributed by atoms with Crippen LogP contribution < -0.4 is 11.3 Å². The molecule has 0 amide bonds. The van der Waals surface area contributed by atoms with E-state index in [1.807, 2.05) is 24.4 Å². The first-order valence-electron chi connectivity index (χ1n) is 6.39. The molecule has 3 N–H and O–H groups in total. The lowest BCUT2D eigenvalue weighted by Gasteiger charge is -2.24. The van der Waals surface area contributed by atoms with Gasteiger partial charge in [0, 0.05) is 24.2 Å². The molecule has 0 spiro atoms. The van der Waals surface area contributed by atoms with Gasteiger partial charge >= 0.3 is 0 Å². The van der Waals surface area contributed by atoms with E-state index in [1.54, 1.807) is 30.5 Å². The molecule has 2 rings (SSSR count). The number of thiophene rings is 1. The van der Waals surface area contributed by atoms with E-state index in [0.29, 0.717) is 6.42 Å². The van der Waals surface area contributed by atoms with Gasteiger partial charge in [0.15, 0.2) is 5.03 Å². The summed E-state index contributed by atoms with van der Waals surface area (Å²) in [7, 11) is -2.14. The lowest BCUT2D eigenvalue weighted by atomic mass is 10.2. The molecule has 2 aromatic rings. The fourth-order valence-electron chi connectivity index (χ4n) is 1.93. The van der Waals surface area contributed by atoms with E-state index in [1.165, 1.54) is 10.5 Å². The number of hydrogen-bond donors (Lipinski definition) is 2. The lowest BCUT2D eigenvalue weighted by molar-refractivity contribution is 0.387. The Morgan fingerprint density at radius 2 is 2.19 bits per heavy atom. The van der Waals surface area contributed by atoms with Gasteiger partial charge in [-0.2, -0.15) is 4.31 Å². The molecule has 8 heteroatoms. The maximum absolute atomic E-state index is 12.7. The molecule has 2 heterocycles. The van der Waals surface area contributed by atoms with E-state index in [-0.39, 0.29) is 16.8 Å². The van der Waals surface area contributed by atoms with Crippen molar-refractivity contribution in [3.8, 4) is 0 Å². The number of hydrogen-bond acceptors (Lipinski definition) is 6. The molecular formula is C13H18N4O2S2. The normalized spacial score (nSPS) is 13.3. The first kappa shape index (κ1) is 15.9. The van der Waals surface area contributed by atoms with Crippen LogP contribution in [0, 0.1) is 0 Å². The van der Waals surface area contributed by atoms with E-state index < -0.39 is 10.0 Å². The largest absolute Gasteiger partial charge is 0.321 e. The zero-order chi connectivity index (χ0) is 15.5. The van der Waals surface area contributed by atoms with Gasteiger partial charge in [0.05, 0.1) is 5.69 Å². The third-order valence-electron chi connectivity index (χ3n) is 3.25. The fourth-order valence-corrected chi connectivity index (χ4v) is 4.17. The van der Waals surface area contributed by atoms with Crippen molar-refractivity contribution >= 4 is 27.0 Å². The fraction of sp³-hybridized carbons (Fsp3) is 0.308. The van der Waals surface area contributed by atoms with Crippen LogP contribution in [0.25, 0.3) is 0 Å². The molecule has 0 aromatic carbocycles. The Kier molecular flexibility index (Phi) is 4.94. The summed E-state index contributed by atoms with van der Waals surface area (Å²) in [5.41, 5.74) is 2.66. The second-order valence-corrected chi connectivity index (χ2v) is 7.60. The van der Waals surface area contributed by atoms with Crippen LogP contribution in [0.1, 0.15) is 11.8 Å². The molecule has 0 fully saturated rings. The molecule has 0 saturated heterocycles. The predicted octanol–water partition coefficient (Wildman–Crippen LogP) is 1.68. The lowest BCUT2D eigenvalue weighted by Crippen LogP contribution is -2.37. The summed E-state index contributed by atoms with van der Waals surface area (Å²) in [5, 5.41) is 1.92. The zero-order valence-corrected chi connectivity index (χ0v) is 13.5. The Hall–Kier alpha value is -1.48. The summed E-state index contributed by atoms with van der Waals surface area (Å²) < 4.78 is 26.6. The van der Waals surface area contributed by atoms with Crippen molar-refractivity contribution in [3.05, 3.63) is 40.7 Å². The number of sulfonamides is 1. The van der Waals surface area contributed by atoms with Gasteiger partial charge in [0.2, 0.25) is 0 Å². The van der Waals surface area contributed by atoms with Gasteiger partial charge < -0.3 is 5.43 Å². The van der Waals surface area contributed by atoms with Crippen molar-refractivity contribution in [2.75, 3.05) is 12.5 Å². The molecule has 0 radical (unpaired) electrons. The molecule has 6 nitrogen and oxygen atoms in total. The van der Waals surface area contributed by atoms with Crippen molar-refractivity contribution in [1.29, 1.82) is 0 Å². The highest BCUT2D eigenvalue weighted by atomic mass is 32.2. The number of nitrogens with zero attached hydrogens (tertiary/aromatic N) is 2. The molecule has 1 atom stereocenters. The second kappa shape index (κ2) is 6.52. The number of likely N-dealkylation sites (N-methyl/N-ethyl adjacent to an activating group) is 1. The van der Waals surface area contributed by atoms with Crippen molar-refractivity contribution in [3.63, 3.8) is 0 Å². The summed E-state index contributed by atoms with van der Waals surface area (Å²) in [6.45, 7) is 1.87. The monoisotopic (exact) mass is 326 g/mol. The number of nitrogen functional groups attached to an aromatic ring is 1. The maximum atomic E-state index is 12.7. The van der Waals surface area contributed by atoms with E-state index in [2.05, 4.69) is 10.4 Å². The minimum absolute atomic E-state index is 0.0620. The molecule has 0 bridgehead atoms. The minimum Gasteiger partial charge on any atom is -0.321 e. The van der Waals surface area contributed by atoms with E-state index >= 15 is 0 Å². The van der Waals surface area contributed by atoms with Gasteiger partial charge in [-0.1, -0.05) is 6.07 Å². The minimum atomic E-state index is -3.70. The van der Waals surface area contributed by atoms with Gasteiger partial charge in [-0.15, -0.1) is 11.3 Å². The van der Waals surface area contributed by atoms with Crippen LogP contribution in [0.5, 0.6) is 0 Å². The molecule has 114 valence electrons. The van der Waals surface area contributed by atoms with Crippen LogP contribution in [-0.4, -0.2) is 30.8 Å². The molecule has 0 saturated carbocycles. The number of aromatic nitrogens is 1. The first-order chi connectivity index (χ1) is 9.96. The smallest absolute Gasteiger partial charge is 0.262 e. The summed E-state index contributed by atoms with van der Waals surface area (Å²) in [6, 6.07) is 6.98. The van der Waals surface area contributed by atoms with E-state index in [9.17, 15) is 8.42 Å². The van der Waals surface area contributed by atoms with Gasteiger partial charge in [-0.3, -0.25) is 5.84 Å². The Morgan fingerprint density at radius 1 is 1.43 bits per heavy atom. The summed E-state index contributed by atoms with van der Waals surface area (Å²) in [4.78, 5) is 5.09. The van der Waals surface area contributed by atoms with Crippen molar-refractivity contribution < 1.29 is 8.42 Å². The topological polar surface area (TPSA) is 88.3 Å². The van der Waals surface area contributed by atoms with Gasteiger partial charge in [-0.25, -0.2) is 13.4 Å². The zero-order valence-electron chi connectivity index (χ0n) is 11.9. The van der Waals surface area contributed by atoms with Crippen molar-refractivity contribution in [2.24, 2.45) is 5.84 Å². The van der Waals surface area contributed by atoms with Crippen molar-refractivity contribution in [1.82, 2.24) is 9.29 Å². The van der Waals surface area contributed by atoms with E-state index in [4.69, 9.17) is 5.84 Å². The summed E-state index contributed by atoms with van der Waals surface area (Å²) in [6.07, 6.45) is 2.09. The second-order valence-electron chi connectivity index (χ2n) is 4.65. The third kappa shape index (κ3) is 3.41. The highest BCUT2D eigenvalue weighted by Gasteiger charge is 2.29. The average molecular weight is 326 g/mol. The number of anilines is 1. The first-order valence-corrected chi connectivity index (χ1v) is 8.71. The third-order valence-corrected chi connectivity index (χ3v) is 6.08. The standard InChI is InChI=1S/C13H18N4O2S2/c1-10(9-11-5-4-8-20-11)17(2)21(18,19)13-12(16-14)6-3-7-15-13/h3-8,10,16H,9,14H2,1-2H3. The Balaban J connectivity index is 2.26. The number of rotatable bonds is 6. The number of nitrogens with one attached hydrogen (secondary N) is 1. The molecule has 2 aromatic heterocycles. The van der Waals surface area contributed by atoms with Crippen LogP contribution in [0.3, 0.4) is 0 Å². The molecule has 0 aliphatic heterocycles. The summed E-state index contributed by atoms with van der Waals surface area (Å²) >= 11 is 1.61. The number of hydrazine groups is 1. The molecular weight excluding hydrogens is 308 g/mol. The highest BCUT2D eigenvalue weighted by molar-refractivity contribution is 7.89. The average Bonchev–Trinajstić information content (AvgIpc) is 2.99. The Labute approximate surface area is 128 Å². The Morgan fingerprint density at radius 3 is 2.81 bits per heavy atom. The summed E-state index contributed by atoms with van der Waals surface area (Å²) in [5.74, 6) is 5.36. The van der Waals surface area contributed by atoms with Crippen LogP contribution in [0.2, 0.25) is 0 Å². The molecule has 21 heavy (non-hydrogen) atoms. The highest BCUT2D eigenvalue weighted by Crippen LogP contribution is 2.23. The van der Waals surface area contributed by atoms with Gasteiger partial charge in [0.1, 0.15) is 0 Å². The van der Waals surface area contributed by atoms with Crippen LogP contribution in [0.4, 0.5) is 5.69 Å². The molecule has 1 unspecified atom stereocenters. The van der Waals surface area contributed by atoms with Crippen molar-refractivity contribution in [2.45, 2.75) is 24.4 Å². The predicted molar refractivity (Wildman–Crippen MR) is 84.5 cm³/mol. The van der Waals surface area contributed by atoms with E-state index in [0.717, 1.165) is 4.88 Å². The number of nitrogens with two attached hydrogens (primary N) is 1.